The molecule has 28 heavy (non-hydrogen) atoms. The van der Waals surface area contributed by atoms with Crippen molar-refractivity contribution in [2.75, 3.05) is 6.54 Å². The summed E-state index contributed by atoms with van der Waals surface area (Å²) < 4.78 is 0. The Hall–Kier alpha value is -2.95. The number of nitrogens with two attached hydrogens (primary N) is 2. The molecule has 1 aromatic heterocycles. The third-order valence-corrected chi connectivity index (χ3v) is 4.40. The van der Waals surface area contributed by atoms with Gasteiger partial charge in [0.2, 0.25) is 11.8 Å². The zero-order chi connectivity index (χ0) is 20.8. The molecule has 10 heteroatoms. The van der Waals surface area contributed by atoms with Gasteiger partial charge in [0.15, 0.2) is 0 Å². The van der Waals surface area contributed by atoms with Crippen LogP contribution in [0.1, 0.15) is 12.5 Å². The van der Waals surface area contributed by atoms with Gasteiger partial charge in [-0.05, 0) is 18.6 Å². The number of rotatable bonds is 9. The molecular weight excluding hydrogens is 366 g/mol. The van der Waals surface area contributed by atoms with E-state index in [2.05, 4.69) is 15.6 Å². The molecular formula is C18H25N5O5. The topological polar surface area (TPSA) is 184 Å². The molecule has 152 valence electrons. The number of carboxylic acids is 1. The van der Waals surface area contributed by atoms with Crippen LogP contribution in [-0.2, 0) is 20.8 Å². The molecule has 0 aliphatic heterocycles. The second kappa shape index (κ2) is 9.31. The van der Waals surface area contributed by atoms with E-state index in [4.69, 9.17) is 16.6 Å². The molecule has 0 spiro atoms. The molecule has 0 aliphatic rings. The van der Waals surface area contributed by atoms with E-state index in [-0.39, 0.29) is 13.0 Å². The van der Waals surface area contributed by atoms with E-state index >= 15 is 0 Å². The lowest BCUT2D eigenvalue weighted by molar-refractivity contribution is -0.142. The number of fused-ring (bicyclic) bond motifs is 1. The average Bonchev–Trinajstić information content (AvgIpc) is 3.07. The van der Waals surface area contributed by atoms with Gasteiger partial charge in [-0.3, -0.25) is 9.59 Å². The van der Waals surface area contributed by atoms with Crippen molar-refractivity contribution < 1.29 is 24.6 Å². The Morgan fingerprint density at radius 2 is 1.79 bits per heavy atom. The number of aromatic amines is 1. The van der Waals surface area contributed by atoms with Crippen molar-refractivity contribution >= 4 is 28.7 Å². The number of carbonyl (C=O) groups is 3. The number of para-hydroxylation sites is 1. The third-order valence-electron chi connectivity index (χ3n) is 4.40. The molecule has 4 atom stereocenters. The number of aliphatic hydroxyl groups excluding tert-OH is 1. The lowest BCUT2D eigenvalue weighted by atomic mass is 10.0. The lowest BCUT2D eigenvalue weighted by Crippen LogP contribution is -2.57. The molecule has 0 radical (unpaired) electrons. The number of amides is 2. The predicted octanol–water partition coefficient (Wildman–Crippen LogP) is -1.57. The Bertz CT molecular complexity index is 850. The highest BCUT2D eigenvalue weighted by Gasteiger charge is 2.29. The van der Waals surface area contributed by atoms with Crippen LogP contribution >= 0.6 is 0 Å². The van der Waals surface area contributed by atoms with E-state index in [1.807, 2.05) is 24.3 Å². The van der Waals surface area contributed by atoms with E-state index in [0.29, 0.717) is 0 Å². The van der Waals surface area contributed by atoms with Crippen molar-refractivity contribution in [2.24, 2.45) is 11.5 Å². The van der Waals surface area contributed by atoms with Crippen molar-refractivity contribution in [1.29, 1.82) is 0 Å². The van der Waals surface area contributed by atoms with Crippen LogP contribution in [0.2, 0.25) is 0 Å². The van der Waals surface area contributed by atoms with Gasteiger partial charge in [-0.15, -0.1) is 0 Å². The quantitative estimate of drug-likeness (QED) is 0.269. The number of hydrogen-bond donors (Lipinski definition) is 7. The lowest BCUT2D eigenvalue weighted by Gasteiger charge is -2.23. The first-order valence-corrected chi connectivity index (χ1v) is 8.76. The minimum Gasteiger partial charge on any atom is -0.480 e. The SMILES string of the molecule is C[C@@H](O)[C@H](N)C(=O)N[C@@H](Cc1c[nH]c2ccccc12)C(=O)N[C@@H](CN)C(=O)O. The highest BCUT2D eigenvalue weighted by atomic mass is 16.4. The van der Waals surface area contributed by atoms with E-state index in [9.17, 15) is 19.5 Å². The van der Waals surface area contributed by atoms with Gasteiger partial charge in [0.1, 0.15) is 18.1 Å². The van der Waals surface area contributed by atoms with E-state index in [0.717, 1.165) is 16.5 Å². The molecule has 0 bridgehead atoms. The van der Waals surface area contributed by atoms with Crippen molar-refractivity contribution in [3.63, 3.8) is 0 Å². The Kier molecular flexibility index (Phi) is 7.10. The van der Waals surface area contributed by atoms with E-state index < -0.39 is 42.0 Å². The van der Waals surface area contributed by atoms with Gasteiger partial charge in [0, 0.05) is 30.1 Å². The van der Waals surface area contributed by atoms with Gasteiger partial charge in [-0.1, -0.05) is 18.2 Å². The normalized spacial score (nSPS) is 15.4. The highest BCUT2D eigenvalue weighted by Crippen LogP contribution is 2.19. The number of carboxylic acid groups (broad SMARTS) is 1. The fourth-order valence-electron chi connectivity index (χ4n) is 2.71. The Morgan fingerprint density at radius 1 is 1.14 bits per heavy atom. The summed E-state index contributed by atoms with van der Waals surface area (Å²) in [7, 11) is 0. The molecule has 0 saturated heterocycles. The van der Waals surface area contributed by atoms with Gasteiger partial charge in [-0.25, -0.2) is 4.79 Å². The summed E-state index contributed by atoms with van der Waals surface area (Å²) >= 11 is 0. The zero-order valence-electron chi connectivity index (χ0n) is 15.4. The second-order valence-electron chi connectivity index (χ2n) is 6.53. The minimum absolute atomic E-state index is 0.0883. The molecule has 2 rings (SSSR count). The molecule has 9 N–H and O–H groups in total. The first-order valence-electron chi connectivity index (χ1n) is 8.76. The van der Waals surface area contributed by atoms with Crippen molar-refractivity contribution in [3.8, 4) is 0 Å². The molecule has 0 saturated carbocycles. The molecule has 2 amide bonds. The molecule has 1 aromatic carbocycles. The molecule has 2 aromatic rings. The fourth-order valence-corrected chi connectivity index (χ4v) is 2.71. The fraction of sp³-hybridized carbons (Fsp3) is 0.389. The summed E-state index contributed by atoms with van der Waals surface area (Å²) in [5, 5.41) is 24.3. The zero-order valence-corrected chi connectivity index (χ0v) is 15.4. The highest BCUT2D eigenvalue weighted by molar-refractivity contribution is 5.93. The van der Waals surface area contributed by atoms with Crippen LogP contribution < -0.4 is 22.1 Å². The monoisotopic (exact) mass is 391 g/mol. The Balaban J connectivity index is 2.25. The second-order valence-corrected chi connectivity index (χ2v) is 6.53. The summed E-state index contributed by atoms with van der Waals surface area (Å²) in [6, 6.07) is 3.79. The number of benzene rings is 1. The van der Waals surface area contributed by atoms with Gasteiger partial charge in [0.05, 0.1) is 6.10 Å². The number of hydrogen-bond acceptors (Lipinski definition) is 6. The first kappa shape index (κ1) is 21.4. The average molecular weight is 391 g/mol. The Morgan fingerprint density at radius 3 is 2.39 bits per heavy atom. The maximum atomic E-state index is 12.6. The van der Waals surface area contributed by atoms with E-state index in [1.165, 1.54) is 6.92 Å². The summed E-state index contributed by atoms with van der Waals surface area (Å²) in [6.45, 7) is 1.05. The smallest absolute Gasteiger partial charge is 0.327 e. The van der Waals surface area contributed by atoms with Crippen LogP contribution in [0, 0.1) is 0 Å². The predicted molar refractivity (Wildman–Crippen MR) is 102 cm³/mol. The van der Waals surface area contributed by atoms with Crippen LogP contribution in [0.3, 0.4) is 0 Å². The molecule has 0 unspecified atom stereocenters. The molecule has 0 fully saturated rings. The molecule has 0 aliphatic carbocycles. The summed E-state index contributed by atoms with van der Waals surface area (Å²) in [6.07, 6.45) is 0.682. The number of H-pyrrole nitrogens is 1. The van der Waals surface area contributed by atoms with Crippen molar-refractivity contribution in [2.45, 2.75) is 37.6 Å². The van der Waals surface area contributed by atoms with Crippen LogP contribution in [0.5, 0.6) is 0 Å². The first-order chi connectivity index (χ1) is 13.2. The third kappa shape index (κ3) is 5.06. The largest absolute Gasteiger partial charge is 0.480 e. The van der Waals surface area contributed by atoms with E-state index in [1.54, 1.807) is 6.20 Å². The Labute approximate surface area is 161 Å². The number of aliphatic hydroxyl groups is 1. The summed E-state index contributed by atoms with van der Waals surface area (Å²) in [5.41, 5.74) is 12.6. The minimum atomic E-state index is -1.29. The number of carbonyl (C=O) groups excluding carboxylic acids is 2. The van der Waals surface area contributed by atoms with Crippen molar-refractivity contribution in [1.82, 2.24) is 15.6 Å². The van der Waals surface area contributed by atoms with Gasteiger partial charge in [0.25, 0.3) is 0 Å². The summed E-state index contributed by atoms with van der Waals surface area (Å²) in [5.74, 6) is -2.72. The van der Waals surface area contributed by atoms with Gasteiger partial charge >= 0.3 is 5.97 Å². The van der Waals surface area contributed by atoms with Crippen LogP contribution in [0.25, 0.3) is 10.9 Å². The van der Waals surface area contributed by atoms with Crippen LogP contribution in [0.15, 0.2) is 30.5 Å². The molecule has 1 heterocycles. The maximum absolute atomic E-state index is 12.6. The van der Waals surface area contributed by atoms with Crippen LogP contribution in [0.4, 0.5) is 0 Å². The number of aliphatic carboxylic acids is 1. The number of nitrogens with one attached hydrogen (secondary N) is 3. The summed E-state index contributed by atoms with van der Waals surface area (Å²) in [4.78, 5) is 39.1. The van der Waals surface area contributed by atoms with Gasteiger partial charge < -0.3 is 37.3 Å². The molecule has 10 nitrogen and oxygen atoms in total. The van der Waals surface area contributed by atoms with Gasteiger partial charge in [-0.2, -0.15) is 0 Å². The standard InChI is InChI=1S/C18H25N5O5/c1-9(24)15(20)17(26)22-13(16(25)23-14(7-19)18(27)28)6-10-8-21-12-5-3-2-4-11(10)12/h2-5,8-9,13-15,21,24H,6-7,19-20H2,1H3,(H,22,26)(H,23,25)(H,27,28)/t9-,13+,14+,15+/m1/s1. The number of aromatic nitrogens is 1. The van der Waals surface area contributed by atoms with Crippen LogP contribution in [-0.4, -0.2) is 63.8 Å². The van der Waals surface area contributed by atoms with Crippen molar-refractivity contribution in [3.05, 3.63) is 36.0 Å². The maximum Gasteiger partial charge on any atom is 0.327 e.